The highest BCUT2D eigenvalue weighted by Gasteiger charge is 2.49. The average Bonchev–Trinajstić information content (AvgIpc) is 2.72. The van der Waals surface area contributed by atoms with E-state index in [1.165, 1.54) is 0 Å². The van der Waals surface area contributed by atoms with Crippen LogP contribution in [-0.2, 0) is 14.3 Å². The maximum atomic E-state index is 12.1. The second-order valence-electron chi connectivity index (χ2n) is 4.83. The van der Waals surface area contributed by atoms with Crippen molar-refractivity contribution in [3.63, 3.8) is 0 Å². The van der Waals surface area contributed by atoms with E-state index < -0.39 is 11.4 Å². The molecular weight excluding hydrogens is 244 g/mol. The topological polar surface area (TPSA) is 63.6 Å². The lowest BCUT2D eigenvalue weighted by atomic mass is 9.79. The highest BCUT2D eigenvalue weighted by atomic mass is 16.5. The van der Waals surface area contributed by atoms with Gasteiger partial charge in [-0.3, -0.25) is 9.59 Å². The van der Waals surface area contributed by atoms with E-state index in [0.717, 1.165) is 12.0 Å². The van der Waals surface area contributed by atoms with Crippen molar-refractivity contribution >= 4 is 11.8 Å². The molecular formula is C15H22O4. The molecule has 19 heavy (non-hydrogen) atoms. The van der Waals surface area contributed by atoms with Gasteiger partial charge in [0.1, 0.15) is 5.41 Å². The molecule has 1 aliphatic rings. The molecule has 0 spiro atoms. The van der Waals surface area contributed by atoms with Crippen LogP contribution in [-0.4, -0.2) is 30.1 Å². The third-order valence-electron chi connectivity index (χ3n) is 3.39. The Morgan fingerprint density at radius 2 is 2.32 bits per heavy atom. The van der Waals surface area contributed by atoms with Gasteiger partial charge in [-0.25, -0.2) is 0 Å². The van der Waals surface area contributed by atoms with Crippen molar-refractivity contribution in [2.45, 2.75) is 39.0 Å². The van der Waals surface area contributed by atoms with Crippen molar-refractivity contribution in [1.29, 1.82) is 0 Å². The molecule has 106 valence electrons. The van der Waals surface area contributed by atoms with Crippen LogP contribution in [0.3, 0.4) is 0 Å². The molecule has 0 aromatic rings. The smallest absolute Gasteiger partial charge is 0.319 e. The number of rotatable bonds is 7. The number of ketones is 1. The van der Waals surface area contributed by atoms with E-state index >= 15 is 0 Å². The molecule has 1 rings (SSSR count). The zero-order valence-electron chi connectivity index (χ0n) is 11.5. The zero-order valence-corrected chi connectivity index (χ0v) is 11.5. The van der Waals surface area contributed by atoms with Crippen LogP contribution in [0.5, 0.6) is 0 Å². The van der Waals surface area contributed by atoms with E-state index in [0.29, 0.717) is 25.7 Å². The number of esters is 1. The molecule has 0 aromatic carbocycles. The number of hydrogen-bond donors (Lipinski definition) is 1. The predicted octanol–water partition coefficient (Wildman–Crippen LogP) is 2.17. The summed E-state index contributed by atoms with van der Waals surface area (Å²) in [6.07, 6.45) is 6.12. The fourth-order valence-electron chi connectivity index (χ4n) is 2.44. The Balaban J connectivity index is 2.79. The standard InChI is InChI=1S/C15H22O4/c1-3-19-14(18)15(9-6-8-13(15)17)11-12(2)7-4-5-10-16/h4,7,16H,2-3,5-6,8-11H2,1H3/b7-4+. The Morgan fingerprint density at radius 1 is 1.58 bits per heavy atom. The minimum Gasteiger partial charge on any atom is -0.465 e. The molecule has 0 aromatic heterocycles. The number of carbonyl (C=O) groups is 2. The van der Waals surface area contributed by atoms with Crippen molar-refractivity contribution in [1.82, 2.24) is 0 Å². The van der Waals surface area contributed by atoms with Gasteiger partial charge in [0.05, 0.1) is 6.61 Å². The number of carbonyl (C=O) groups excluding carboxylic acids is 2. The highest BCUT2D eigenvalue weighted by molar-refractivity contribution is 6.05. The molecule has 0 aliphatic heterocycles. The second-order valence-corrected chi connectivity index (χ2v) is 4.83. The summed E-state index contributed by atoms with van der Waals surface area (Å²) < 4.78 is 5.06. The van der Waals surface area contributed by atoms with Crippen LogP contribution >= 0.6 is 0 Å². The quantitative estimate of drug-likeness (QED) is 0.436. The maximum Gasteiger partial charge on any atom is 0.319 e. The van der Waals surface area contributed by atoms with Gasteiger partial charge in [-0.15, -0.1) is 0 Å². The summed E-state index contributed by atoms with van der Waals surface area (Å²) in [4.78, 5) is 24.2. The number of allylic oxidation sites excluding steroid dienone is 2. The first-order valence-electron chi connectivity index (χ1n) is 6.72. The summed E-state index contributed by atoms with van der Waals surface area (Å²) in [5, 5.41) is 8.71. The molecule has 4 nitrogen and oxygen atoms in total. The van der Waals surface area contributed by atoms with E-state index in [4.69, 9.17) is 9.84 Å². The molecule has 1 N–H and O–H groups in total. The first-order valence-corrected chi connectivity index (χ1v) is 6.72. The first-order chi connectivity index (χ1) is 9.06. The van der Waals surface area contributed by atoms with Crippen LogP contribution in [0.1, 0.15) is 39.0 Å². The number of Topliss-reactive ketones (excluding diaryl/α,β-unsaturated/α-hetero) is 1. The van der Waals surface area contributed by atoms with E-state index in [9.17, 15) is 9.59 Å². The number of hydrogen-bond acceptors (Lipinski definition) is 4. The molecule has 1 aliphatic carbocycles. The van der Waals surface area contributed by atoms with Gasteiger partial charge >= 0.3 is 5.97 Å². The third kappa shape index (κ3) is 3.77. The Labute approximate surface area is 114 Å². The van der Waals surface area contributed by atoms with Crippen LogP contribution in [0.2, 0.25) is 0 Å². The van der Waals surface area contributed by atoms with Crippen molar-refractivity contribution < 1.29 is 19.4 Å². The van der Waals surface area contributed by atoms with Crippen LogP contribution in [0.25, 0.3) is 0 Å². The molecule has 0 saturated heterocycles. The fraction of sp³-hybridized carbons (Fsp3) is 0.600. The van der Waals surface area contributed by atoms with Gasteiger partial charge < -0.3 is 9.84 Å². The Hall–Kier alpha value is -1.42. The minimum atomic E-state index is -1.03. The molecule has 0 radical (unpaired) electrons. The van der Waals surface area contributed by atoms with E-state index in [-0.39, 0.29) is 19.0 Å². The Bertz CT molecular complexity index is 384. The van der Waals surface area contributed by atoms with Crippen molar-refractivity contribution in [2.24, 2.45) is 5.41 Å². The van der Waals surface area contributed by atoms with E-state index in [2.05, 4.69) is 6.58 Å². The lowest BCUT2D eigenvalue weighted by molar-refractivity contribution is -0.158. The monoisotopic (exact) mass is 266 g/mol. The van der Waals surface area contributed by atoms with Gasteiger partial charge in [0.2, 0.25) is 0 Å². The fourth-order valence-corrected chi connectivity index (χ4v) is 2.44. The van der Waals surface area contributed by atoms with Gasteiger partial charge in [-0.05, 0) is 32.6 Å². The number of aliphatic hydroxyl groups excluding tert-OH is 1. The maximum absolute atomic E-state index is 12.1. The largest absolute Gasteiger partial charge is 0.465 e. The number of aliphatic hydroxyl groups is 1. The van der Waals surface area contributed by atoms with Gasteiger partial charge in [0.15, 0.2) is 5.78 Å². The van der Waals surface area contributed by atoms with E-state index in [1.54, 1.807) is 19.1 Å². The molecule has 1 unspecified atom stereocenters. The lowest BCUT2D eigenvalue weighted by Crippen LogP contribution is -2.37. The third-order valence-corrected chi connectivity index (χ3v) is 3.39. The molecule has 1 fully saturated rings. The molecule has 0 heterocycles. The van der Waals surface area contributed by atoms with Gasteiger partial charge in [-0.1, -0.05) is 24.3 Å². The first kappa shape index (κ1) is 15.6. The van der Waals surface area contributed by atoms with E-state index in [1.807, 2.05) is 0 Å². The summed E-state index contributed by atoms with van der Waals surface area (Å²) >= 11 is 0. The SMILES string of the molecule is C=C(/C=C/CCO)CC1(C(=O)OCC)CCCC1=O. The van der Waals surface area contributed by atoms with Gasteiger partial charge in [-0.2, -0.15) is 0 Å². The minimum absolute atomic E-state index is 0.0392. The summed E-state index contributed by atoms with van der Waals surface area (Å²) in [6.45, 7) is 5.97. The lowest BCUT2D eigenvalue weighted by Gasteiger charge is -2.25. The van der Waals surface area contributed by atoms with Crippen LogP contribution in [0, 0.1) is 5.41 Å². The van der Waals surface area contributed by atoms with Gasteiger partial charge in [0.25, 0.3) is 0 Å². The Morgan fingerprint density at radius 3 is 2.84 bits per heavy atom. The number of ether oxygens (including phenoxy) is 1. The predicted molar refractivity (Wildman–Crippen MR) is 72.5 cm³/mol. The normalized spacial score (nSPS) is 22.9. The summed E-state index contributed by atoms with van der Waals surface area (Å²) in [6, 6.07) is 0. The van der Waals surface area contributed by atoms with Gasteiger partial charge in [0, 0.05) is 13.0 Å². The zero-order chi connectivity index (χ0) is 14.3. The summed E-state index contributed by atoms with van der Waals surface area (Å²) in [7, 11) is 0. The summed E-state index contributed by atoms with van der Waals surface area (Å²) in [5.74, 6) is -0.461. The molecule has 0 bridgehead atoms. The molecule has 1 atom stereocenters. The van der Waals surface area contributed by atoms with Crippen LogP contribution in [0.4, 0.5) is 0 Å². The van der Waals surface area contributed by atoms with Crippen LogP contribution in [0.15, 0.2) is 24.3 Å². The second kappa shape index (κ2) is 7.24. The van der Waals surface area contributed by atoms with Crippen LogP contribution < -0.4 is 0 Å². The summed E-state index contributed by atoms with van der Waals surface area (Å²) in [5.41, 5.74) is -0.312. The Kier molecular flexibility index (Phi) is 5.96. The molecule has 1 saturated carbocycles. The molecule has 0 amide bonds. The molecule has 4 heteroatoms. The van der Waals surface area contributed by atoms with Crippen molar-refractivity contribution in [2.75, 3.05) is 13.2 Å². The van der Waals surface area contributed by atoms with Crippen molar-refractivity contribution in [3.8, 4) is 0 Å². The highest BCUT2D eigenvalue weighted by Crippen LogP contribution is 2.41. The average molecular weight is 266 g/mol. The van der Waals surface area contributed by atoms with Crippen molar-refractivity contribution in [3.05, 3.63) is 24.3 Å².